The van der Waals surface area contributed by atoms with Crippen molar-refractivity contribution in [3.05, 3.63) is 30.1 Å². The van der Waals surface area contributed by atoms with E-state index < -0.39 is 0 Å². The molecule has 2 aliphatic heterocycles. The van der Waals surface area contributed by atoms with Crippen molar-refractivity contribution in [2.75, 3.05) is 18.5 Å². The number of pyridine rings is 1. The van der Waals surface area contributed by atoms with Crippen LogP contribution in [0.25, 0.3) is 0 Å². The first-order chi connectivity index (χ1) is 13.7. The van der Waals surface area contributed by atoms with Crippen LogP contribution in [0.15, 0.2) is 24.4 Å². The number of fused-ring (bicyclic) bond motifs is 4. The minimum Gasteiger partial charge on any atom is -0.477 e. The monoisotopic (exact) mass is 383 g/mol. The highest BCUT2D eigenvalue weighted by Gasteiger charge is 2.32. The number of anilines is 2. The summed E-state index contributed by atoms with van der Waals surface area (Å²) in [5.74, 6) is 2.71. The average Bonchev–Trinajstić information content (AvgIpc) is 3.29. The Morgan fingerprint density at radius 1 is 1.11 bits per heavy atom. The topological polar surface area (TPSA) is 101 Å². The van der Waals surface area contributed by atoms with Crippen LogP contribution in [0.1, 0.15) is 43.7 Å². The number of nitrogens with zero attached hydrogens (tertiary/aromatic N) is 2. The number of ether oxygens (including phenoxy) is 2. The van der Waals surface area contributed by atoms with Gasteiger partial charge in [-0.05, 0) is 50.0 Å². The Labute approximate surface area is 163 Å². The highest BCUT2D eigenvalue weighted by Crippen LogP contribution is 2.37. The van der Waals surface area contributed by atoms with E-state index in [0.29, 0.717) is 36.8 Å². The largest absolute Gasteiger partial charge is 0.477 e. The number of H-pyrrole nitrogens is 1. The smallest absolute Gasteiger partial charge is 0.407 e. The number of aromatic nitrogens is 3. The van der Waals surface area contributed by atoms with Gasteiger partial charge in [0.25, 0.3) is 0 Å². The van der Waals surface area contributed by atoms with Gasteiger partial charge in [0, 0.05) is 42.2 Å². The van der Waals surface area contributed by atoms with E-state index in [4.69, 9.17) is 9.47 Å². The van der Waals surface area contributed by atoms with Crippen LogP contribution < -0.4 is 15.4 Å². The molecule has 4 heterocycles. The Morgan fingerprint density at radius 3 is 2.96 bits per heavy atom. The summed E-state index contributed by atoms with van der Waals surface area (Å²) in [4.78, 5) is 16.4. The summed E-state index contributed by atoms with van der Waals surface area (Å²) in [6.45, 7) is 1.32. The molecule has 4 aliphatic rings. The van der Waals surface area contributed by atoms with Crippen LogP contribution in [-0.4, -0.2) is 40.5 Å². The van der Waals surface area contributed by atoms with E-state index in [1.54, 1.807) is 6.20 Å². The van der Waals surface area contributed by atoms with Gasteiger partial charge in [0.15, 0.2) is 5.82 Å². The zero-order chi connectivity index (χ0) is 18.9. The number of amides is 1. The number of nitrogens with one attached hydrogen (secondary N) is 3. The van der Waals surface area contributed by atoms with E-state index >= 15 is 0 Å². The lowest BCUT2D eigenvalue weighted by Gasteiger charge is -2.35. The molecular weight excluding hydrogens is 358 g/mol. The molecule has 2 saturated carbocycles. The van der Waals surface area contributed by atoms with Gasteiger partial charge in [-0.15, -0.1) is 0 Å². The van der Waals surface area contributed by atoms with Crippen molar-refractivity contribution in [3.63, 3.8) is 0 Å². The normalized spacial score (nSPS) is 29.6. The van der Waals surface area contributed by atoms with Gasteiger partial charge in [-0.1, -0.05) is 0 Å². The third-order valence-electron chi connectivity index (χ3n) is 6.04. The summed E-state index contributed by atoms with van der Waals surface area (Å²) in [5.41, 5.74) is 1.97. The summed E-state index contributed by atoms with van der Waals surface area (Å²) < 4.78 is 11.5. The van der Waals surface area contributed by atoms with Crippen molar-refractivity contribution in [3.8, 4) is 5.88 Å². The molecule has 1 amide bonds. The first-order valence-electron chi connectivity index (χ1n) is 10.1. The first kappa shape index (κ1) is 17.3. The maximum Gasteiger partial charge on any atom is 0.407 e. The van der Waals surface area contributed by atoms with Gasteiger partial charge in [0.1, 0.15) is 6.10 Å². The fraction of sp³-hybridized carbons (Fsp3) is 0.550. The van der Waals surface area contributed by atoms with Crippen molar-refractivity contribution in [2.45, 2.75) is 44.1 Å². The molecule has 148 valence electrons. The van der Waals surface area contributed by atoms with Crippen LogP contribution in [0, 0.1) is 11.8 Å². The molecule has 8 nitrogen and oxygen atoms in total. The second-order valence-corrected chi connectivity index (χ2v) is 8.15. The molecule has 0 radical (unpaired) electrons. The zero-order valence-corrected chi connectivity index (χ0v) is 15.7. The number of aromatic amines is 1. The van der Waals surface area contributed by atoms with Gasteiger partial charge in [-0.25, -0.2) is 9.78 Å². The third kappa shape index (κ3) is 3.76. The SMILES string of the molecule is O=C1NCC2CC(COc3cc(ccn3)Nc3cc([nH]n3)C3CCC(C3)O1)C2. The molecular formula is C20H25N5O3. The van der Waals surface area contributed by atoms with E-state index in [1.807, 2.05) is 18.2 Å². The summed E-state index contributed by atoms with van der Waals surface area (Å²) in [5, 5.41) is 13.7. The molecule has 2 aromatic rings. The van der Waals surface area contributed by atoms with Crippen molar-refractivity contribution < 1.29 is 14.3 Å². The maximum atomic E-state index is 12.1. The first-order valence-corrected chi connectivity index (χ1v) is 10.1. The van der Waals surface area contributed by atoms with Crippen molar-refractivity contribution in [1.29, 1.82) is 0 Å². The molecule has 8 bridgehead atoms. The minimum absolute atomic E-state index is 0.0305. The molecule has 3 N–H and O–H groups in total. The van der Waals surface area contributed by atoms with Gasteiger partial charge < -0.3 is 20.1 Å². The summed E-state index contributed by atoms with van der Waals surface area (Å²) in [6, 6.07) is 5.83. The lowest BCUT2D eigenvalue weighted by atomic mass is 9.75. The summed E-state index contributed by atoms with van der Waals surface area (Å²) in [6.07, 6.45) is 6.22. The van der Waals surface area contributed by atoms with Crippen molar-refractivity contribution >= 4 is 17.6 Å². The molecule has 8 heteroatoms. The molecule has 2 aromatic heterocycles. The molecule has 2 unspecified atom stereocenters. The average molecular weight is 383 g/mol. The quantitative estimate of drug-likeness (QED) is 0.645. The number of carbonyl (C=O) groups excluding carboxylic acids is 1. The molecule has 2 fully saturated rings. The van der Waals surface area contributed by atoms with E-state index in [-0.39, 0.29) is 12.2 Å². The number of hydrogen-bond donors (Lipinski definition) is 3. The number of alkyl carbamates (subject to hydrolysis) is 1. The Hall–Kier alpha value is -2.77. The lowest BCUT2D eigenvalue weighted by molar-refractivity contribution is 0.0880. The van der Waals surface area contributed by atoms with E-state index in [0.717, 1.165) is 49.3 Å². The third-order valence-corrected chi connectivity index (χ3v) is 6.04. The fourth-order valence-electron chi connectivity index (χ4n) is 4.45. The number of rotatable bonds is 0. The summed E-state index contributed by atoms with van der Waals surface area (Å²) >= 11 is 0. The van der Waals surface area contributed by atoms with E-state index in [2.05, 4.69) is 25.8 Å². The Kier molecular flexibility index (Phi) is 4.54. The van der Waals surface area contributed by atoms with E-state index in [1.165, 1.54) is 0 Å². The minimum atomic E-state index is -0.296. The predicted molar refractivity (Wildman–Crippen MR) is 103 cm³/mol. The molecule has 6 rings (SSSR count). The molecule has 2 atom stereocenters. The number of hydrogen-bond acceptors (Lipinski definition) is 6. The molecule has 0 spiro atoms. The highest BCUT2D eigenvalue weighted by molar-refractivity contribution is 5.67. The van der Waals surface area contributed by atoms with Gasteiger partial charge in [0.05, 0.1) is 6.61 Å². The summed E-state index contributed by atoms with van der Waals surface area (Å²) in [7, 11) is 0. The Bertz CT molecular complexity index is 848. The second kappa shape index (κ2) is 7.33. The molecule has 28 heavy (non-hydrogen) atoms. The van der Waals surface area contributed by atoms with Gasteiger partial charge in [-0.2, -0.15) is 5.10 Å². The Balaban J connectivity index is 1.34. The molecule has 0 aromatic carbocycles. The molecule has 0 saturated heterocycles. The van der Waals surface area contributed by atoms with Gasteiger partial charge in [-0.3, -0.25) is 5.10 Å². The van der Waals surface area contributed by atoms with Crippen molar-refractivity contribution in [1.82, 2.24) is 20.5 Å². The van der Waals surface area contributed by atoms with Crippen LogP contribution in [0.3, 0.4) is 0 Å². The van der Waals surface area contributed by atoms with Gasteiger partial charge >= 0.3 is 6.09 Å². The van der Waals surface area contributed by atoms with Crippen LogP contribution in [0.4, 0.5) is 16.3 Å². The molecule has 2 aliphatic carbocycles. The van der Waals surface area contributed by atoms with Crippen LogP contribution in [0.5, 0.6) is 5.88 Å². The van der Waals surface area contributed by atoms with Crippen molar-refractivity contribution in [2.24, 2.45) is 11.8 Å². The predicted octanol–water partition coefficient (Wildman–Crippen LogP) is 3.33. The highest BCUT2D eigenvalue weighted by atomic mass is 16.6. The fourth-order valence-corrected chi connectivity index (χ4v) is 4.45. The maximum absolute atomic E-state index is 12.1. The van der Waals surface area contributed by atoms with Crippen LogP contribution in [0.2, 0.25) is 0 Å². The zero-order valence-electron chi connectivity index (χ0n) is 15.7. The van der Waals surface area contributed by atoms with Crippen LogP contribution >= 0.6 is 0 Å². The standard InChI is InChI=1S/C20H25N5O3/c26-20-22-10-12-5-13(6-12)11-27-19-8-15(3-4-21-19)23-18-9-17(24-25-18)14-1-2-16(7-14)28-20/h3-4,8-9,12-14,16H,1-2,5-7,10-11H2,(H,22,26)(H2,23,24,25). The second-order valence-electron chi connectivity index (χ2n) is 8.15. The number of carbonyl (C=O) groups is 1. The lowest BCUT2D eigenvalue weighted by Crippen LogP contribution is -2.39. The van der Waals surface area contributed by atoms with Crippen LogP contribution in [-0.2, 0) is 4.74 Å². The van der Waals surface area contributed by atoms with Gasteiger partial charge in [0.2, 0.25) is 5.88 Å². The Morgan fingerprint density at radius 2 is 2.04 bits per heavy atom. The van der Waals surface area contributed by atoms with E-state index in [9.17, 15) is 4.79 Å².